The molecular weight excluding hydrogens is 262 g/mol. The molecule has 1 aliphatic heterocycles. The van der Waals surface area contributed by atoms with Gasteiger partial charge >= 0.3 is 0 Å². The van der Waals surface area contributed by atoms with Crippen molar-refractivity contribution < 1.29 is 0 Å². The van der Waals surface area contributed by atoms with E-state index in [0.29, 0.717) is 5.92 Å². The highest BCUT2D eigenvalue weighted by Crippen LogP contribution is 2.29. The summed E-state index contributed by atoms with van der Waals surface area (Å²) < 4.78 is 1.25. The lowest BCUT2D eigenvalue weighted by atomic mass is 9.90. The minimum Gasteiger partial charge on any atom is -0.314 e. The standard InChI is InChI=1S/C14H20BrN/c1-11(10-12-6-4-5-9-16-12)13-7-2-3-8-14(13)15/h2-3,7-8,11-12,16H,4-6,9-10H2,1H3. The Morgan fingerprint density at radius 3 is 2.88 bits per heavy atom. The van der Waals surface area contributed by atoms with Gasteiger partial charge in [-0.25, -0.2) is 0 Å². The van der Waals surface area contributed by atoms with Crippen molar-refractivity contribution >= 4 is 15.9 Å². The van der Waals surface area contributed by atoms with Gasteiger partial charge in [0.1, 0.15) is 0 Å². The fourth-order valence-corrected chi connectivity index (χ4v) is 3.23. The van der Waals surface area contributed by atoms with Crippen LogP contribution in [0.5, 0.6) is 0 Å². The smallest absolute Gasteiger partial charge is 0.0210 e. The van der Waals surface area contributed by atoms with Crippen molar-refractivity contribution in [2.24, 2.45) is 0 Å². The number of nitrogens with one attached hydrogen (secondary N) is 1. The van der Waals surface area contributed by atoms with Crippen LogP contribution < -0.4 is 5.32 Å². The topological polar surface area (TPSA) is 12.0 Å². The molecule has 0 aromatic heterocycles. The van der Waals surface area contributed by atoms with Gasteiger partial charge in [0.05, 0.1) is 0 Å². The van der Waals surface area contributed by atoms with Crippen LogP contribution in [0.2, 0.25) is 0 Å². The molecule has 16 heavy (non-hydrogen) atoms. The molecule has 1 nitrogen and oxygen atoms in total. The summed E-state index contributed by atoms with van der Waals surface area (Å²) in [5, 5.41) is 3.62. The molecule has 1 fully saturated rings. The predicted molar refractivity (Wildman–Crippen MR) is 72.8 cm³/mol. The first-order valence-corrected chi connectivity index (χ1v) is 7.04. The highest BCUT2D eigenvalue weighted by molar-refractivity contribution is 9.10. The average molecular weight is 282 g/mol. The van der Waals surface area contributed by atoms with Gasteiger partial charge < -0.3 is 5.32 Å². The fourth-order valence-electron chi connectivity index (χ4n) is 2.55. The first-order chi connectivity index (χ1) is 7.77. The average Bonchev–Trinajstić information content (AvgIpc) is 2.31. The monoisotopic (exact) mass is 281 g/mol. The Bertz CT molecular complexity index is 331. The number of hydrogen-bond donors (Lipinski definition) is 1. The summed E-state index contributed by atoms with van der Waals surface area (Å²) in [6.45, 7) is 3.53. The van der Waals surface area contributed by atoms with Crippen LogP contribution in [0, 0.1) is 0 Å². The van der Waals surface area contributed by atoms with Crippen LogP contribution in [-0.2, 0) is 0 Å². The first-order valence-electron chi connectivity index (χ1n) is 6.25. The summed E-state index contributed by atoms with van der Waals surface area (Å²) >= 11 is 3.64. The maximum atomic E-state index is 3.64. The van der Waals surface area contributed by atoms with Crippen molar-refractivity contribution in [1.82, 2.24) is 5.32 Å². The molecular formula is C14H20BrN. The molecule has 2 atom stereocenters. The molecule has 0 radical (unpaired) electrons. The number of benzene rings is 1. The molecule has 1 heterocycles. The lowest BCUT2D eigenvalue weighted by molar-refractivity contribution is 0.366. The molecule has 0 bridgehead atoms. The van der Waals surface area contributed by atoms with E-state index < -0.39 is 0 Å². The molecule has 1 saturated heterocycles. The van der Waals surface area contributed by atoms with Crippen LogP contribution in [0.3, 0.4) is 0 Å². The molecule has 1 aromatic rings. The van der Waals surface area contributed by atoms with Crippen LogP contribution in [0.4, 0.5) is 0 Å². The van der Waals surface area contributed by atoms with E-state index in [4.69, 9.17) is 0 Å². The van der Waals surface area contributed by atoms with Crippen LogP contribution >= 0.6 is 15.9 Å². The van der Waals surface area contributed by atoms with Crippen LogP contribution in [-0.4, -0.2) is 12.6 Å². The summed E-state index contributed by atoms with van der Waals surface area (Å²) in [5.74, 6) is 0.631. The van der Waals surface area contributed by atoms with Gasteiger partial charge in [0.15, 0.2) is 0 Å². The van der Waals surface area contributed by atoms with Gasteiger partial charge in [-0.15, -0.1) is 0 Å². The van der Waals surface area contributed by atoms with Gasteiger partial charge in [0.25, 0.3) is 0 Å². The molecule has 0 amide bonds. The second-order valence-electron chi connectivity index (χ2n) is 4.81. The lowest BCUT2D eigenvalue weighted by Crippen LogP contribution is -2.34. The summed E-state index contributed by atoms with van der Waals surface area (Å²) in [4.78, 5) is 0. The van der Waals surface area contributed by atoms with Crippen molar-refractivity contribution in [3.05, 3.63) is 34.3 Å². The van der Waals surface area contributed by atoms with Gasteiger partial charge in [-0.3, -0.25) is 0 Å². The normalized spacial score (nSPS) is 23.0. The SMILES string of the molecule is CC(CC1CCCCN1)c1ccccc1Br. The molecule has 2 rings (SSSR count). The highest BCUT2D eigenvalue weighted by atomic mass is 79.9. The van der Waals surface area contributed by atoms with Crippen LogP contribution in [0.25, 0.3) is 0 Å². The molecule has 1 aliphatic rings. The van der Waals surface area contributed by atoms with E-state index >= 15 is 0 Å². The van der Waals surface area contributed by atoms with E-state index in [1.807, 2.05) is 0 Å². The Morgan fingerprint density at radius 1 is 1.38 bits per heavy atom. The third-order valence-corrected chi connectivity index (χ3v) is 4.21. The van der Waals surface area contributed by atoms with Crippen molar-refractivity contribution in [3.63, 3.8) is 0 Å². The zero-order chi connectivity index (χ0) is 11.4. The lowest BCUT2D eigenvalue weighted by Gasteiger charge is -2.26. The van der Waals surface area contributed by atoms with Gasteiger partial charge in [0.2, 0.25) is 0 Å². The van der Waals surface area contributed by atoms with Crippen LogP contribution in [0.1, 0.15) is 44.1 Å². The van der Waals surface area contributed by atoms with E-state index in [2.05, 4.69) is 52.4 Å². The Hall–Kier alpha value is -0.340. The van der Waals surface area contributed by atoms with E-state index in [0.717, 1.165) is 6.04 Å². The molecule has 2 heteroatoms. The van der Waals surface area contributed by atoms with Crippen molar-refractivity contribution in [1.29, 1.82) is 0 Å². The predicted octanol–water partition coefficient (Wildman–Crippen LogP) is 4.08. The Morgan fingerprint density at radius 2 is 2.19 bits per heavy atom. The number of hydrogen-bond acceptors (Lipinski definition) is 1. The second-order valence-corrected chi connectivity index (χ2v) is 5.66. The molecule has 2 unspecified atom stereocenters. The Labute approximate surface area is 107 Å². The van der Waals surface area contributed by atoms with Gasteiger partial charge in [0, 0.05) is 10.5 Å². The molecule has 88 valence electrons. The number of rotatable bonds is 3. The summed E-state index contributed by atoms with van der Waals surface area (Å²) in [6, 6.07) is 9.30. The first kappa shape index (κ1) is 12.1. The quantitative estimate of drug-likeness (QED) is 0.880. The van der Waals surface area contributed by atoms with E-state index in [9.17, 15) is 0 Å². The van der Waals surface area contributed by atoms with E-state index in [1.165, 1.54) is 42.3 Å². The molecule has 0 saturated carbocycles. The zero-order valence-electron chi connectivity index (χ0n) is 9.88. The van der Waals surface area contributed by atoms with Gasteiger partial charge in [-0.1, -0.05) is 47.5 Å². The zero-order valence-corrected chi connectivity index (χ0v) is 11.5. The summed E-state index contributed by atoms with van der Waals surface area (Å²) in [5.41, 5.74) is 1.44. The third-order valence-electron chi connectivity index (χ3n) is 3.49. The maximum Gasteiger partial charge on any atom is 0.0210 e. The largest absolute Gasteiger partial charge is 0.314 e. The molecule has 1 N–H and O–H groups in total. The number of piperidine rings is 1. The molecule has 0 spiro atoms. The number of halogens is 1. The maximum absolute atomic E-state index is 3.64. The fraction of sp³-hybridized carbons (Fsp3) is 0.571. The van der Waals surface area contributed by atoms with Crippen molar-refractivity contribution in [2.75, 3.05) is 6.54 Å². The van der Waals surface area contributed by atoms with Gasteiger partial charge in [-0.2, -0.15) is 0 Å². The Kier molecular flexibility index (Phi) is 4.42. The summed E-state index contributed by atoms with van der Waals surface area (Å²) in [6.07, 6.45) is 5.33. The van der Waals surface area contributed by atoms with E-state index in [-0.39, 0.29) is 0 Å². The van der Waals surface area contributed by atoms with Crippen molar-refractivity contribution in [3.8, 4) is 0 Å². The second kappa shape index (κ2) is 5.83. The highest BCUT2D eigenvalue weighted by Gasteiger charge is 2.17. The van der Waals surface area contributed by atoms with Crippen molar-refractivity contribution in [2.45, 2.75) is 44.6 Å². The minimum absolute atomic E-state index is 0.631. The van der Waals surface area contributed by atoms with Gasteiger partial charge in [-0.05, 0) is 43.4 Å². The Balaban J connectivity index is 1.96. The minimum atomic E-state index is 0.631. The third kappa shape index (κ3) is 3.08. The molecule has 0 aliphatic carbocycles. The van der Waals surface area contributed by atoms with Crippen LogP contribution in [0.15, 0.2) is 28.7 Å². The molecule has 1 aromatic carbocycles. The summed E-state index contributed by atoms with van der Waals surface area (Å²) in [7, 11) is 0. The van der Waals surface area contributed by atoms with E-state index in [1.54, 1.807) is 0 Å².